The van der Waals surface area contributed by atoms with Gasteiger partial charge in [0.15, 0.2) is 53.9 Å². The molecule has 0 saturated carbocycles. The van der Waals surface area contributed by atoms with E-state index in [1.54, 1.807) is 0 Å². The lowest BCUT2D eigenvalue weighted by molar-refractivity contribution is -0.765. The lowest BCUT2D eigenvalue weighted by Gasteiger charge is -2.30. The van der Waals surface area contributed by atoms with Crippen LogP contribution in [0.15, 0.2) is 49.8 Å². The summed E-state index contributed by atoms with van der Waals surface area (Å²) in [5, 5.41) is 68.7. The first-order valence-electron chi connectivity index (χ1n) is 26.1. The summed E-state index contributed by atoms with van der Waals surface area (Å²) in [4.78, 5) is 122. The summed E-state index contributed by atoms with van der Waals surface area (Å²) in [5.74, 6) is -1.77. The lowest BCUT2D eigenvalue weighted by atomic mass is 9.87. The summed E-state index contributed by atoms with van der Waals surface area (Å²) in [6, 6.07) is 2.77. The minimum absolute atomic E-state index is 0.00599. The quantitative estimate of drug-likeness (QED) is 0.0119. The molecule has 8 rings (SSSR count). The fraction of sp³-hybridized carbons (Fsp3) is 0.571. The minimum atomic E-state index is -5.67. The van der Waals surface area contributed by atoms with Gasteiger partial charge in [-0.25, -0.2) is 52.7 Å². The number of thioether (sulfide) groups is 1. The Balaban J connectivity index is 0.714. The van der Waals surface area contributed by atoms with Crippen molar-refractivity contribution in [3.63, 3.8) is 0 Å². The Morgan fingerprint density at radius 1 is 0.681 bits per heavy atom. The van der Waals surface area contributed by atoms with Crippen LogP contribution in [-0.2, 0) is 77.9 Å². The molecule has 5 aromatic heterocycles. The Kier molecular flexibility index (Phi) is 22.9. The Morgan fingerprint density at radius 2 is 1.19 bits per heavy atom. The van der Waals surface area contributed by atoms with Gasteiger partial charge in [-0.2, -0.15) is 13.2 Å². The maximum Gasteiger partial charge on any atom is 0.481 e. The summed E-state index contributed by atoms with van der Waals surface area (Å²) >= 11 is 0.748. The molecule has 0 bridgehead atoms. The number of aromatic nitrogens is 9. The maximum absolute atomic E-state index is 13.1. The fourth-order valence-electron chi connectivity index (χ4n) is 8.91. The van der Waals surface area contributed by atoms with Crippen molar-refractivity contribution in [2.24, 2.45) is 5.41 Å². The Morgan fingerprint density at radius 3 is 1.75 bits per heavy atom. The molecule has 2 amide bonds. The van der Waals surface area contributed by atoms with E-state index in [9.17, 15) is 97.2 Å². The van der Waals surface area contributed by atoms with Gasteiger partial charge in [0, 0.05) is 36.7 Å². The largest absolute Gasteiger partial charge is 0.481 e. The summed E-state index contributed by atoms with van der Waals surface area (Å²) in [7, 11) is -27.7. The van der Waals surface area contributed by atoms with E-state index >= 15 is 0 Å². The monoisotopic (exact) mass is 1410 g/mol. The van der Waals surface area contributed by atoms with Gasteiger partial charge in [-0.05, 0) is 6.07 Å². The van der Waals surface area contributed by atoms with Gasteiger partial charge >= 0.3 is 39.1 Å². The number of nitrogens with one attached hydrogen (secondary N) is 2. The van der Waals surface area contributed by atoms with E-state index in [2.05, 4.69) is 53.7 Å². The summed E-state index contributed by atoms with van der Waals surface area (Å²) in [6.07, 6.45) is -15.4. The Hall–Kier alpha value is -4.92. The number of fused-ring (bicyclic) bond motifs is 2. The number of phosphoric acid groups is 5. The molecule has 3 fully saturated rings. The molecule has 504 valence electrons. The number of ether oxygens (including phenoxy) is 3. The highest BCUT2D eigenvalue weighted by Crippen LogP contribution is 2.62. The minimum Gasteiger partial charge on any atom is -0.387 e. The van der Waals surface area contributed by atoms with E-state index in [1.807, 2.05) is 0 Å². The van der Waals surface area contributed by atoms with Crippen LogP contribution < -0.4 is 26.7 Å². The highest BCUT2D eigenvalue weighted by molar-refractivity contribution is 8.14. The SMILES string of the molecule is CC(C)(COP(=O)(O)OP(=O)(O)OCC1OC(n2cnc3c(N)ncnc32)C(O)C1OP(=O)(O)O)C(O)C(=O)NCCC(=O)NCCSC(=O)c1ccc[n+](C2OC(COP(=O)(O)OP(=O)(O)OCC3OC(n4cnc5c(N)ncnc54)C(O)C3O)C(O)C2O)c1. The normalized spacial score (nSPS) is 27.7. The van der Waals surface area contributed by atoms with Crippen molar-refractivity contribution < 1.29 is 147 Å². The first-order chi connectivity index (χ1) is 42.5. The van der Waals surface area contributed by atoms with Crippen molar-refractivity contribution in [3.05, 3.63) is 55.4 Å². The van der Waals surface area contributed by atoms with Crippen LogP contribution in [0.4, 0.5) is 11.6 Å². The zero-order valence-electron chi connectivity index (χ0n) is 46.8. The number of rotatable bonds is 30. The number of nitrogen functional groups attached to an aromatic ring is 2. The van der Waals surface area contributed by atoms with Crippen LogP contribution in [-0.4, -0.2) is 222 Å². The number of aliphatic hydroxyl groups excluding tert-OH is 6. The molecule has 91 heavy (non-hydrogen) atoms. The second-order valence-electron chi connectivity index (χ2n) is 20.5. The first kappa shape index (κ1) is 71.9. The van der Waals surface area contributed by atoms with Crippen LogP contribution in [0.25, 0.3) is 22.3 Å². The standard InChI is InChI=1S/C42H60N13O30P5S/c1-42(2,14-79-90(74,75)85-89(72,73)78-13-22-31(83-86(65,66)67)30(61)40(82-22)55-18-52-25-34(44)48-16-50-36(25)55)32(62)37(63)46-6-5-23(56)45-7-9-91-41(64)19-4-3-8-53(10-19)38-28(59)26(57)20(80-38)11-76-87(68,69)84-88(70,71)77-12-21-27(58)29(60)39(81-21)54-17-51-24-33(43)47-15-49-35(24)54/h3-4,8,10,15-18,20-22,26-32,38-40,57-62H,5-7,9,11-14H2,1-2H3,(H11-,43,44,45,46,47,48,49,50,56,63,65,66,67,68,69,70,71,72,73,74,75)/p+1. The van der Waals surface area contributed by atoms with Crippen molar-refractivity contribution in [1.82, 2.24) is 49.7 Å². The van der Waals surface area contributed by atoms with Crippen molar-refractivity contribution in [2.75, 3.05) is 56.7 Å². The number of hydrogen-bond acceptors (Lipinski definition) is 33. The molecule has 0 aliphatic carbocycles. The molecule has 49 heteroatoms. The molecular weight excluding hydrogens is 1350 g/mol. The Bertz CT molecular complexity index is 3700. The average Bonchev–Trinajstić information content (AvgIpc) is 1.67. The van der Waals surface area contributed by atoms with Crippen LogP contribution in [0.5, 0.6) is 0 Å². The van der Waals surface area contributed by atoms with Crippen molar-refractivity contribution in [3.8, 4) is 0 Å². The van der Waals surface area contributed by atoms with E-state index in [-0.39, 0.29) is 64.8 Å². The zero-order chi connectivity index (χ0) is 66.8. The van der Waals surface area contributed by atoms with Crippen molar-refractivity contribution >= 4 is 102 Å². The van der Waals surface area contributed by atoms with Gasteiger partial charge < -0.3 is 96.3 Å². The van der Waals surface area contributed by atoms with Gasteiger partial charge in [-0.3, -0.25) is 46.1 Å². The molecule has 8 heterocycles. The van der Waals surface area contributed by atoms with Crippen molar-refractivity contribution in [2.45, 2.75) is 100.0 Å². The van der Waals surface area contributed by atoms with Gasteiger partial charge in [0.1, 0.15) is 78.6 Å². The number of amides is 2. The predicted octanol–water partition coefficient (Wildman–Crippen LogP) is -3.82. The van der Waals surface area contributed by atoms with Crippen LogP contribution in [0.3, 0.4) is 0 Å². The number of hydrogen-bond donors (Lipinski definition) is 16. The summed E-state index contributed by atoms with van der Waals surface area (Å²) in [6.45, 7) is -2.23. The predicted molar refractivity (Wildman–Crippen MR) is 297 cm³/mol. The third-order valence-electron chi connectivity index (χ3n) is 13.4. The number of aliphatic hydroxyl groups is 6. The molecule has 17 atom stereocenters. The number of pyridine rings is 1. The molecule has 3 saturated heterocycles. The molecule has 5 aromatic rings. The smallest absolute Gasteiger partial charge is 0.387 e. The van der Waals surface area contributed by atoms with Crippen LogP contribution >= 0.6 is 50.9 Å². The van der Waals surface area contributed by atoms with Crippen LogP contribution in [0.1, 0.15) is 49.3 Å². The topological polar surface area (TPSA) is 639 Å². The molecule has 3 aliphatic rings. The molecular formula is C42H61N13O30P5S+. The molecule has 0 radical (unpaired) electrons. The van der Waals surface area contributed by atoms with Gasteiger partial charge in [0.05, 0.1) is 44.6 Å². The van der Waals surface area contributed by atoms with Gasteiger partial charge in [-0.1, -0.05) is 25.6 Å². The molecule has 0 aromatic carbocycles. The first-order valence-corrected chi connectivity index (χ1v) is 34.6. The van der Waals surface area contributed by atoms with Crippen LogP contribution in [0, 0.1) is 5.41 Å². The molecule has 18 N–H and O–H groups in total. The Labute approximate surface area is 514 Å². The zero-order valence-corrected chi connectivity index (χ0v) is 52.1. The van der Waals surface area contributed by atoms with Crippen LogP contribution in [0.2, 0.25) is 0 Å². The second-order valence-corrected chi connectivity index (χ2v) is 28.9. The number of imidazole rings is 2. The fourth-order valence-corrected chi connectivity index (χ4v) is 14.5. The molecule has 43 nitrogen and oxygen atoms in total. The van der Waals surface area contributed by atoms with Gasteiger partial charge in [-0.15, -0.1) is 0 Å². The van der Waals surface area contributed by atoms with E-state index in [0.29, 0.717) is 0 Å². The number of nitrogens with zero attached hydrogens (tertiary/aromatic N) is 9. The second kappa shape index (κ2) is 29.0. The lowest BCUT2D eigenvalue weighted by Crippen LogP contribution is -2.46. The third-order valence-corrected chi connectivity index (χ3v) is 20.0. The van der Waals surface area contributed by atoms with Gasteiger partial charge in [0.25, 0.3) is 6.23 Å². The molecule has 17 unspecified atom stereocenters. The molecule has 3 aliphatic heterocycles. The number of phosphoric ester groups is 5. The number of carbonyl (C=O) groups excluding carboxylic acids is 3. The molecule has 0 spiro atoms. The summed E-state index contributed by atoms with van der Waals surface area (Å²) in [5.41, 5.74) is 10.2. The average molecular weight is 1410 g/mol. The number of nitrogens with two attached hydrogens (primary N) is 2. The number of anilines is 2. The van der Waals surface area contributed by atoms with E-state index in [0.717, 1.165) is 35.3 Å². The van der Waals surface area contributed by atoms with Gasteiger partial charge in [0.2, 0.25) is 16.9 Å². The maximum atomic E-state index is 13.1. The third kappa shape index (κ3) is 18.1. The highest BCUT2D eigenvalue weighted by atomic mass is 32.2. The van der Waals surface area contributed by atoms with E-state index in [1.165, 1.54) is 53.8 Å². The van der Waals surface area contributed by atoms with E-state index < -0.39 is 168 Å². The number of carbonyl (C=O) groups is 3. The highest BCUT2D eigenvalue weighted by Gasteiger charge is 2.53. The van der Waals surface area contributed by atoms with Crippen molar-refractivity contribution in [1.29, 1.82) is 0 Å². The summed E-state index contributed by atoms with van der Waals surface area (Å²) < 4.78 is 116. The van der Waals surface area contributed by atoms with E-state index in [4.69, 9.17) is 43.8 Å².